The summed E-state index contributed by atoms with van der Waals surface area (Å²) in [5, 5.41) is 0. The number of likely N-dealkylation sites (tertiary alicyclic amines) is 1. The van der Waals surface area contributed by atoms with Gasteiger partial charge >= 0.3 is 6.01 Å². The van der Waals surface area contributed by atoms with Crippen molar-refractivity contribution in [3.05, 3.63) is 34.5 Å². The molecule has 23 heavy (non-hydrogen) atoms. The first-order valence-corrected chi connectivity index (χ1v) is 8.71. The van der Waals surface area contributed by atoms with E-state index in [-0.39, 0.29) is 12.0 Å². The van der Waals surface area contributed by atoms with Gasteiger partial charge in [-0.05, 0) is 19.4 Å². The molecule has 0 N–H and O–H groups in total. The standard InChI is InChI=1S/C16H20N4O2S/c1-12-14(23-11-19-12)3-4-15(21)20-9-5-13(6-10-20)22-16-17-7-2-8-18-16/h2,7-8,11,13H,3-6,9-10H2,1H3. The van der Waals surface area contributed by atoms with Crippen LogP contribution in [0.3, 0.4) is 0 Å². The first-order valence-electron chi connectivity index (χ1n) is 7.83. The number of piperidine rings is 1. The number of amides is 1. The molecule has 2 aromatic heterocycles. The third-order valence-corrected chi connectivity index (χ3v) is 5.01. The summed E-state index contributed by atoms with van der Waals surface area (Å²) >= 11 is 1.62. The minimum Gasteiger partial charge on any atom is -0.460 e. The highest BCUT2D eigenvalue weighted by molar-refractivity contribution is 7.09. The fourth-order valence-corrected chi connectivity index (χ4v) is 3.44. The van der Waals surface area contributed by atoms with Crippen molar-refractivity contribution in [1.29, 1.82) is 0 Å². The first-order chi connectivity index (χ1) is 11.2. The van der Waals surface area contributed by atoms with Crippen molar-refractivity contribution in [2.45, 2.75) is 38.7 Å². The van der Waals surface area contributed by atoms with Gasteiger partial charge in [-0.15, -0.1) is 11.3 Å². The second-order valence-corrected chi connectivity index (χ2v) is 6.53. The van der Waals surface area contributed by atoms with E-state index in [0.29, 0.717) is 12.4 Å². The summed E-state index contributed by atoms with van der Waals surface area (Å²) in [6, 6.07) is 2.18. The van der Waals surface area contributed by atoms with Crippen molar-refractivity contribution in [1.82, 2.24) is 19.9 Å². The van der Waals surface area contributed by atoms with Gasteiger partial charge in [0, 0.05) is 49.6 Å². The number of hydrogen-bond acceptors (Lipinski definition) is 6. The van der Waals surface area contributed by atoms with Crippen LogP contribution in [0.5, 0.6) is 6.01 Å². The summed E-state index contributed by atoms with van der Waals surface area (Å²) in [7, 11) is 0. The van der Waals surface area contributed by atoms with Crippen molar-refractivity contribution in [2.24, 2.45) is 0 Å². The Balaban J connectivity index is 1.43. The number of aromatic nitrogens is 3. The quantitative estimate of drug-likeness (QED) is 0.840. The molecule has 0 radical (unpaired) electrons. The van der Waals surface area contributed by atoms with Gasteiger partial charge in [0.2, 0.25) is 5.91 Å². The number of carbonyl (C=O) groups excluding carboxylic acids is 1. The highest BCUT2D eigenvalue weighted by Crippen LogP contribution is 2.18. The van der Waals surface area contributed by atoms with E-state index in [1.807, 2.05) is 17.3 Å². The molecule has 1 aliphatic rings. The Morgan fingerprint density at radius 1 is 1.30 bits per heavy atom. The molecule has 1 amide bonds. The normalized spacial score (nSPS) is 15.6. The molecule has 6 nitrogen and oxygen atoms in total. The molecule has 3 rings (SSSR count). The Morgan fingerprint density at radius 2 is 2.04 bits per heavy atom. The molecule has 0 bridgehead atoms. The average Bonchev–Trinajstić information content (AvgIpc) is 2.99. The molecule has 7 heteroatoms. The van der Waals surface area contributed by atoms with E-state index in [1.54, 1.807) is 29.8 Å². The van der Waals surface area contributed by atoms with E-state index in [0.717, 1.165) is 38.0 Å². The zero-order valence-electron chi connectivity index (χ0n) is 13.1. The Labute approximate surface area is 139 Å². The summed E-state index contributed by atoms with van der Waals surface area (Å²) < 4.78 is 5.75. The Kier molecular flexibility index (Phi) is 5.17. The number of nitrogens with zero attached hydrogens (tertiary/aromatic N) is 4. The van der Waals surface area contributed by atoms with Crippen LogP contribution in [-0.2, 0) is 11.2 Å². The topological polar surface area (TPSA) is 68.2 Å². The van der Waals surface area contributed by atoms with Crippen molar-refractivity contribution >= 4 is 17.2 Å². The molecular weight excluding hydrogens is 312 g/mol. The van der Waals surface area contributed by atoms with Gasteiger partial charge in [0.05, 0.1) is 11.2 Å². The summed E-state index contributed by atoms with van der Waals surface area (Å²) in [5.74, 6) is 0.215. The van der Waals surface area contributed by atoms with E-state index in [4.69, 9.17) is 4.74 Å². The van der Waals surface area contributed by atoms with Crippen LogP contribution < -0.4 is 4.74 Å². The predicted molar refractivity (Wildman–Crippen MR) is 87.4 cm³/mol. The van der Waals surface area contributed by atoms with Crippen molar-refractivity contribution in [3.8, 4) is 6.01 Å². The monoisotopic (exact) mass is 332 g/mol. The van der Waals surface area contributed by atoms with Crippen LogP contribution in [0.4, 0.5) is 0 Å². The number of ether oxygens (including phenoxy) is 1. The molecule has 0 spiro atoms. The molecule has 1 saturated heterocycles. The molecule has 1 aliphatic heterocycles. The predicted octanol–water partition coefficient (Wildman–Crippen LogP) is 2.24. The first kappa shape index (κ1) is 15.9. The number of aryl methyl sites for hydroxylation is 2. The SMILES string of the molecule is Cc1ncsc1CCC(=O)N1CCC(Oc2ncccn2)CC1. The largest absolute Gasteiger partial charge is 0.460 e. The van der Waals surface area contributed by atoms with Gasteiger partial charge in [-0.3, -0.25) is 4.79 Å². The van der Waals surface area contributed by atoms with Gasteiger partial charge < -0.3 is 9.64 Å². The van der Waals surface area contributed by atoms with E-state index in [1.165, 1.54) is 4.88 Å². The third-order valence-electron chi connectivity index (χ3n) is 4.02. The zero-order valence-corrected chi connectivity index (χ0v) is 14.0. The minimum absolute atomic E-state index is 0.0881. The van der Waals surface area contributed by atoms with Crippen LogP contribution in [0.2, 0.25) is 0 Å². The molecule has 122 valence electrons. The van der Waals surface area contributed by atoms with Gasteiger partial charge in [0.1, 0.15) is 6.10 Å². The molecule has 0 saturated carbocycles. The second kappa shape index (κ2) is 7.50. The molecule has 0 aromatic carbocycles. The number of hydrogen-bond donors (Lipinski definition) is 0. The Hall–Kier alpha value is -2.02. The Bertz CT molecular complexity index is 639. The zero-order chi connectivity index (χ0) is 16.1. The fraction of sp³-hybridized carbons (Fsp3) is 0.500. The van der Waals surface area contributed by atoms with E-state index in [2.05, 4.69) is 15.0 Å². The van der Waals surface area contributed by atoms with Crippen LogP contribution in [0.1, 0.15) is 29.8 Å². The van der Waals surface area contributed by atoms with Crippen molar-refractivity contribution in [2.75, 3.05) is 13.1 Å². The van der Waals surface area contributed by atoms with Crippen LogP contribution in [0.25, 0.3) is 0 Å². The number of carbonyl (C=O) groups is 1. The van der Waals surface area contributed by atoms with Gasteiger partial charge in [0.25, 0.3) is 0 Å². The molecular formula is C16H20N4O2S. The van der Waals surface area contributed by atoms with Crippen LogP contribution in [-0.4, -0.2) is 45.0 Å². The van der Waals surface area contributed by atoms with Gasteiger partial charge in [-0.2, -0.15) is 0 Å². The lowest BCUT2D eigenvalue weighted by Crippen LogP contribution is -2.42. The molecule has 0 aliphatic carbocycles. The number of rotatable bonds is 5. The summed E-state index contributed by atoms with van der Waals surface area (Å²) in [6.45, 7) is 3.46. The second-order valence-electron chi connectivity index (χ2n) is 5.59. The minimum atomic E-state index is 0.0881. The van der Waals surface area contributed by atoms with Crippen molar-refractivity contribution < 1.29 is 9.53 Å². The lowest BCUT2D eigenvalue weighted by molar-refractivity contribution is -0.132. The molecule has 1 fully saturated rings. The van der Waals surface area contributed by atoms with Gasteiger partial charge in [-0.1, -0.05) is 0 Å². The maximum Gasteiger partial charge on any atom is 0.316 e. The van der Waals surface area contributed by atoms with Crippen molar-refractivity contribution in [3.63, 3.8) is 0 Å². The highest BCUT2D eigenvalue weighted by Gasteiger charge is 2.24. The molecule has 0 atom stereocenters. The lowest BCUT2D eigenvalue weighted by atomic mass is 10.1. The van der Waals surface area contributed by atoms with Crippen LogP contribution >= 0.6 is 11.3 Å². The number of thiazole rings is 1. The van der Waals surface area contributed by atoms with E-state index in [9.17, 15) is 4.79 Å². The van der Waals surface area contributed by atoms with E-state index >= 15 is 0 Å². The maximum atomic E-state index is 12.3. The fourth-order valence-electron chi connectivity index (χ4n) is 2.66. The maximum absolute atomic E-state index is 12.3. The molecule has 0 unspecified atom stereocenters. The van der Waals surface area contributed by atoms with E-state index < -0.39 is 0 Å². The Morgan fingerprint density at radius 3 is 2.70 bits per heavy atom. The van der Waals surface area contributed by atoms with Crippen LogP contribution in [0, 0.1) is 6.92 Å². The summed E-state index contributed by atoms with van der Waals surface area (Å²) in [6.07, 6.45) is 6.41. The lowest BCUT2D eigenvalue weighted by Gasteiger charge is -2.31. The third kappa shape index (κ3) is 4.25. The molecule has 3 heterocycles. The molecule has 2 aromatic rings. The van der Waals surface area contributed by atoms with Gasteiger partial charge in [0.15, 0.2) is 0 Å². The van der Waals surface area contributed by atoms with Gasteiger partial charge in [-0.25, -0.2) is 15.0 Å². The van der Waals surface area contributed by atoms with Crippen LogP contribution in [0.15, 0.2) is 24.0 Å². The highest BCUT2D eigenvalue weighted by atomic mass is 32.1. The summed E-state index contributed by atoms with van der Waals surface area (Å²) in [5.41, 5.74) is 2.88. The smallest absolute Gasteiger partial charge is 0.316 e. The average molecular weight is 332 g/mol. The summed E-state index contributed by atoms with van der Waals surface area (Å²) in [4.78, 5) is 27.8.